The molecule has 3 nitrogen and oxygen atoms in total. The number of hydrogen-bond acceptors (Lipinski definition) is 3. The maximum Gasteiger partial charge on any atom is 0.182 e. The summed E-state index contributed by atoms with van der Waals surface area (Å²) in [6.45, 7) is 5.92. The minimum Gasteiger partial charge on any atom is -0.223 e. The topological polar surface area (TPSA) is 57.9 Å². The molecule has 0 spiro atoms. The van der Waals surface area contributed by atoms with Crippen molar-refractivity contribution in [2.24, 2.45) is 0 Å². The molecule has 0 N–H and O–H groups in total. The van der Waals surface area contributed by atoms with E-state index in [4.69, 9.17) is 5.26 Å². The Bertz CT molecular complexity index is 524. The van der Waals surface area contributed by atoms with Crippen LogP contribution < -0.4 is 0 Å². The van der Waals surface area contributed by atoms with Crippen molar-refractivity contribution in [3.05, 3.63) is 29.8 Å². The van der Waals surface area contributed by atoms with Crippen molar-refractivity contribution in [3.8, 4) is 6.07 Å². The van der Waals surface area contributed by atoms with Crippen LogP contribution in [0.15, 0.2) is 29.2 Å². The number of hydrogen-bond donors (Lipinski definition) is 0. The molecule has 0 bridgehead atoms. The molecule has 1 unspecified atom stereocenters. The molecule has 98 valence electrons. The van der Waals surface area contributed by atoms with E-state index in [-0.39, 0.29) is 6.42 Å². The molecule has 4 heteroatoms. The Balaban J connectivity index is 3.09. The summed E-state index contributed by atoms with van der Waals surface area (Å²) in [5.74, 6) is 0.378. The van der Waals surface area contributed by atoms with Crippen LogP contribution in [0.25, 0.3) is 0 Å². The molecular weight excluding hydrogens is 246 g/mol. The van der Waals surface area contributed by atoms with Crippen LogP contribution in [0.1, 0.15) is 45.1 Å². The minimum atomic E-state index is -3.38. The van der Waals surface area contributed by atoms with Crippen LogP contribution in [0.3, 0.4) is 0 Å². The Labute approximate surface area is 109 Å². The number of benzene rings is 1. The van der Waals surface area contributed by atoms with Crippen molar-refractivity contribution in [1.29, 1.82) is 5.26 Å². The highest BCUT2D eigenvalue weighted by Crippen LogP contribution is 2.23. The maximum atomic E-state index is 12.3. The zero-order chi connectivity index (χ0) is 13.8. The molecule has 1 rings (SSSR count). The highest BCUT2D eigenvalue weighted by atomic mass is 32.2. The van der Waals surface area contributed by atoms with Gasteiger partial charge in [-0.2, -0.15) is 5.26 Å². The quantitative estimate of drug-likeness (QED) is 0.821. The molecule has 0 saturated carbocycles. The van der Waals surface area contributed by atoms with Crippen LogP contribution in [0.4, 0.5) is 0 Å². The Hall–Kier alpha value is -1.34. The molecular formula is C14H19NO2S. The van der Waals surface area contributed by atoms with Crippen molar-refractivity contribution < 1.29 is 8.42 Å². The van der Waals surface area contributed by atoms with E-state index in [0.29, 0.717) is 17.2 Å². The van der Waals surface area contributed by atoms with E-state index in [1.54, 1.807) is 19.1 Å². The van der Waals surface area contributed by atoms with E-state index >= 15 is 0 Å². The molecule has 0 aliphatic rings. The summed E-state index contributed by atoms with van der Waals surface area (Å²) in [6.07, 6.45) is 0.507. The van der Waals surface area contributed by atoms with Crippen molar-refractivity contribution in [1.82, 2.24) is 0 Å². The average molecular weight is 265 g/mol. The predicted molar refractivity (Wildman–Crippen MR) is 72.0 cm³/mol. The van der Waals surface area contributed by atoms with Crippen molar-refractivity contribution in [2.45, 2.75) is 49.7 Å². The zero-order valence-electron chi connectivity index (χ0n) is 11.1. The van der Waals surface area contributed by atoms with E-state index in [9.17, 15) is 8.42 Å². The SMILES string of the molecule is CCC(CC#N)S(=O)(=O)c1ccc(C(C)C)cc1. The predicted octanol–water partition coefficient (Wildman–Crippen LogP) is 3.28. The van der Waals surface area contributed by atoms with Gasteiger partial charge in [-0.25, -0.2) is 8.42 Å². The van der Waals surface area contributed by atoms with Gasteiger partial charge in [-0.3, -0.25) is 0 Å². The largest absolute Gasteiger partial charge is 0.223 e. The number of nitrogens with zero attached hydrogens (tertiary/aromatic N) is 1. The highest BCUT2D eigenvalue weighted by molar-refractivity contribution is 7.92. The lowest BCUT2D eigenvalue weighted by atomic mass is 10.0. The van der Waals surface area contributed by atoms with Gasteiger partial charge in [0.15, 0.2) is 9.84 Å². The second-order valence-electron chi connectivity index (χ2n) is 4.66. The molecule has 1 aromatic rings. The van der Waals surface area contributed by atoms with Gasteiger partial charge >= 0.3 is 0 Å². The third-order valence-corrected chi connectivity index (χ3v) is 5.40. The molecule has 0 radical (unpaired) electrons. The lowest BCUT2D eigenvalue weighted by Crippen LogP contribution is -2.20. The van der Waals surface area contributed by atoms with E-state index in [1.165, 1.54) is 0 Å². The van der Waals surface area contributed by atoms with E-state index < -0.39 is 15.1 Å². The third-order valence-electron chi connectivity index (χ3n) is 3.09. The Morgan fingerprint density at radius 2 is 1.78 bits per heavy atom. The second kappa shape index (κ2) is 6.01. The molecule has 0 fully saturated rings. The molecule has 0 amide bonds. The van der Waals surface area contributed by atoms with Gasteiger partial charge < -0.3 is 0 Å². The Morgan fingerprint density at radius 3 is 2.17 bits per heavy atom. The lowest BCUT2D eigenvalue weighted by molar-refractivity contribution is 0.576. The molecule has 0 aliphatic heterocycles. The summed E-state index contributed by atoms with van der Waals surface area (Å²) >= 11 is 0. The van der Waals surface area contributed by atoms with Crippen LogP contribution in [-0.2, 0) is 9.84 Å². The monoisotopic (exact) mass is 265 g/mol. The van der Waals surface area contributed by atoms with Gasteiger partial charge in [-0.1, -0.05) is 32.9 Å². The summed E-state index contributed by atoms with van der Waals surface area (Å²) in [4.78, 5) is 0.314. The van der Waals surface area contributed by atoms with Crippen LogP contribution >= 0.6 is 0 Å². The Kier molecular flexibility index (Phi) is 4.92. The van der Waals surface area contributed by atoms with Crippen LogP contribution in [-0.4, -0.2) is 13.7 Å². The first-order chi connectivity index (χ1) is 8.43. The van der Waals surface area contributed by atoms with Crippen molar-refractivity contribution >= 4 is 9.84 Å². The van der Waals surface area contributed by atoms with Crippen LogP contribution in [0.2, 0.25) is 0 Å². The molecule has 0 saturated heterocycles. The molecule has 1 atom stereocenters. The molecule has 18 heavy (non-hydrogen) atoms. The summed E-state index contributed by atoms with van der Waals surface area (Å²) in [5, 5.41) is 8.08. The van der Waals surface area contributed by atoms with Gasteiger partial charge in [-0.05, 0) is 30.0 Å². The lowest BCUT2D eigenvalue weighted by Gasteiger charge is -2.13. The first-order valence-corrected chi connectivity index (χ1v) is 7.68. The number of nitriles is 1. The third kappa shape index (κ3) is 3.11. The van der Waals surface area contributed by atoms with Gasteiger partial charge in [0.1, 0.15) is 0 Å². The van der Waals surface area contributed by atoms with Gasteiger partial charge in [-0.15, -0.1) is 0 Å². The maximum absolute atomic E-state index is 12.3. The second-order valence-corrected chi connectivity index (χ2v) is 6.89. The standard InChI is InChI=1S/C14H19NO2S/c1-4-13(9-10-15)18(16,17)14-7-5-12(6-8-14)11(2)3/h5-8,11,13H,4,9H2,1-3H3. The normalized spacial score (nSPS) is 13.3. The Morgan fingerprint density at radius 1 is 1.22 bits per heavy atom. The first-order valence-electron chi connectivity index (χ1n) is 6.14. The van der Waals surface area contributed by atoms with Crippen molar-refractivity contribution in [3.63, 3.8) is 0 Å². The van der Waals surface area contributed by atoms with Gasteiger partial charge in [0.2, 0.25) is 0 Å². The fraction of sp³-hybridized carbons (Fsp3) is 0.500. The molecule has 1 aromatic carbocycles. The smallest absolute Gasteiger partial charge is 0.182 e. The van der Waals surface area contributed by atoms with E-state index in [1.807, 2.05) is 18.2 Å². The fourth-order valence-electron chi connectivity index (χ4n) is 1.81. The van der Waals surface area contributed by atoms with E-state index in [2.05, 4.69) is 13.8 Å². The molecule has 0 aromatic heterocycles. The summed E-state index contributed by atoms with van der Waals surface area (Å²) in [5.41, 5.74) is 1.11. The van der Waals surface area contributed by atoms with Crippen LogP contribution in [0, 0.1) is 11.3 Å². The zero-order valence-corrected chi connectivity index (χ0v) is 11.9. The molecule has 0 heterocycles. The average Bonchev–Trinajstić information content (AvgIpc) is 2.35. The summed E-state index contributed by atoms with van der Waals surface area (Å²) < 4.78 is 24.6. The number of sulfone groups is 1. The first kappa shape index (κ1) is 14.7. The van der Waals surface area contributed by atoms with E-state index in [0.717, 1.165) is 5.56 Å². The van der Waals surface area contributed by atoms with Gasteiger partial charge in [0.25, 0.3) is 0 Å². The van der Waals surface area contributed by atoms with Gasteiger partial charge in [0, 0.05) is 0 Å². The summed E-state index contributed by atoms with van der Waals surface area (Å²) in [7, 11) is -3.38. The fourth-order valence-corrected chi connectivity index (χ4v) is 3.44. The van der Waals surface area contributed by atoms with Crippen LogP contribution in [0.5, 0.6) is 0 Å². The highest BCUT2D eigenvalue weighted by Gasteiger charge is 2.25. The van der Waals surface area contributed by atoms with Gasteiger partial charge in [0.05, 0.1) is 22.6 Å². The number of rotatable bonds is 5. The molecule has 0 aliphatic carbocycles. The summed E-state index contributed by atoms with van der Waals surface area (Å²) in [6, 6.07) is 8.92. The van der Waals surface area contributed by atoms with Crippen molar-refractivity contribution in [2.75, 3.05) is 0 Å². The minimum absolute atomic E-state index is 0.0464.